The highest BCUT2D eigenvalue weighted by molar-refractivity contribution is 6.32. The number of amides is 1. The van der Waals surface area contributed by atoms with Crippen LogP contribution in [0.15, 0.2) is 23.0 Å². The molecule has 30 heavy (non-hydrogen) atoms. The summed E-state index contributed by atoms with van der Waals surface area (Å²) in [5, 5.41) is 8.10. The standard InChI is InChI=1S/C20H22ClN5O4/c1-11-17-18(22-10-23-20(17)30-25-11)26-6-4-5-12(9-26)19(27)24-14-7-13(21)15(28-2)8-16(14)29-3/h7-8,10,12H,4-6,9H2,1-3H3,(H,24,27). The molecule has 1 aromatic carbocycles. The number of benzene rings is 1. The maximum atomic E-state index is 13.0. The lowest BCUT2D eigenvalue weighted by Gasteiger charge is -2.33. The van der Waals surface area contributed by atoms with Crippen LogP contribution in [0.2, 0.25) is 5.02 Å². The molecule has 0 radical (unpaired) electrons. The summed E-state index contributed by atoms with van der Waals surface area (Å²) in [6.07, 6.45) is 3.08. The molecule has 0 aliphatic carbocycles. The highest BCUT2D eigenvalue weighted by Crippen LogP contribution is 2.36. The van der Waals surface area contributed by atoms with Crippen LogP contribution in [-0.4, -0.2) is 48.3 Å². The lowest BCUT2D eigenvalue weighted by atomic mass is 9.96. The molecule has 0 saturated carbocycles. The number of anilines is 2. The van der Waals surface area contributed by atoms with Crippen molar-refractivity contribution in [3.05, 3.63) is 29.2 Å². The van der Waals surface area contributed by atoms with E-state index >= 15 is 0 Å². The van der Waals surface area contributed by atoms with E-state index in [2.05, 4.69) is 25.3 Å². The fraction of sp³-hybridized carbons (Fsp3) is 0.400. The Balaban J connectivity index is 1.54. The largest absolute Gasteiger partial charge is 0.495 e. The summed E-state index contributed by atoms with van der Waals surface area (Å²) in [7, 11) is 3.05. The van der Waals surface area contributed by atoms with E-state index in [9.17, 15) is 4.79 Å². The highest BCUT2D eigenvalue weighted by atomic mass is 35.5. The van der Waals surface area contributed by atoms with E-state index in [1.807, 2.05) is 6.92 Å². The summed E-state index contributed by atoms with van der Waals surface area (Å²) in [4.78, 5) is 23.7. The van der Waals surface area contributed by atoms with Gasteiger partial charge >= 0.3 is 0 Å². The number of hydrogen-bond acceptors (Lipinski definition) is 8. The van der Waals surface area contributed by atoms with Crippen molar-refractivity contribution in [1.29, 1.82) is 0 Å². The van der Waals surface area contributed by atoms with Crippen LogP contribution < -0.4 is 19.7 Å². The van der Waals surface area contributed by atoms with Gasteiger partial charge in [0.15, 0.2) is 0 Å². The van der Waals surface area contributed by atoms with Gasteiger partial charge in [0.2, 0.25) is 5.91 Å². The maximum Gasteiger partial charge on any atom is 0.263 e. The van der Waals surface area contributed by atoms with Gasteiger partial charge in [0, 0.05) is 19.2 Å². The summed E-state index contributed by atoms with van der Waals surface area (Å²) in [5.41, 5.74) is 1.68. The van der Waals surface area contributed by atoms with Gasteiger partial charge in [-0.2, -0.15) is 4.98 Å². The van der Waals surface area contributed by atoms with Gasteiger partial charge in [-0.1, -0.05) is 16.8 Å². The Morgan fingerprint density at radius 2 is 2.07 bits per heavy atom. The van der Waals surface area contributed by atoms with E-state index in [0.717, 1.165) is 36.3 Å². The molecule has 1 saturated heterocycles. The van der Waals surface area contributed by atoms with Crippen molar-refractivity contribution in [2.24, 2.45) is 5.92 Å². The van der Waals surface area contributed by atoms with Crippen LogP contribution in [0.1, 0.15) is 18.5 Å². The quantitative estimate of drug-likeness (QED) is 0.655. The molecule has 2 aromatic heterocycles. The number of ether oxygens (including phenoxy) is 2. The molecule has 1 N–H and O–H groups in total. The first kappa shape index (κ1) is 20.2. The first-order valence-electron chi connectivity index (χ1n) is 9.56. The minimum atomic E-state index is -0.227. The molecule has 0 spiro atoms. The van der Waals surface area contributed by atoms with Gasteiger partial charge in [0.25, 0.3) is 5.71 Å². The lowest BCUT2D eigenvalue weighted by molar-refractivity contribution is -0.120. The summed E-state index contributed by atoms with van der Waals surface area (Å²) >= 11 is 6.22. The zero-order valence-electron chi connectivity index (χ0n) is 16.9. The Labute approximate surface area is 178 Å². The average Bonchev–Trinajstić information content (AvgIpc) is 3.15. The summed E-state index contributed by atoms with van der Waals surface area (Å²) in [6, 6.07) is 3.28. The first-order valence-corrected chi connectivity index (χ1v) is 9.94. The molecule has 1 aliphatic rings. The maximum absolute atomic E-state index is 13.0. The number of aromatic nitrogens is 3. The second-order valence-corrected chi connectivity index (χ2v) is 7.51. The summed E-state index contributed by atoms with van der Waals surface area (Å²) < 4.78 is 15.8. The minimum Gasteiger partial charge on any atom is -0.495 e. The number of nitrogens with zero attached hydrogens (tertiary/aromatic N) is 4. The predicted octanol–water partition coefficient (Wildman–Crippen LogP) is 3.45. The van der Waals surface area contributed by atoms with Gasteiger partial charge in [-0.05, 0) is 25.8 Å². The van der Waals surface area contributed by atoms with Crippen LogP contribution in [-0.2, 0) is 4.79 Å². The molecule has 1 aliphatic heterocycles. The van der Waals surface area contributed by atoms with Crippen LogP contribution >= 0.6 is 11.6 Å². The Kier molecular flexibility index (Phi) is 5.63. The topological polar surface area (TPSA) is 103 Å². The molecule has 1 amide bonds. The molecule has 0 bridgehead atoms. The number of carbonyl (C=O) groups excluding carboxylic acids is 1. The normalized spacial score (nSPS) is 16.5. The minimum absolute atomic E-state index is 0.105. The Morgan fingerprint density at radius 3 is 2.83 bits per heavy atom. The molecule has 1 fully saturated rings. The number of fused-ring (bicyclic) bond motifs is 1. The number of carbonyl (C=O) groups is 1. The molecular weight excluding hydrogens is 410 g/mol. The molecule has 3 heterocycles. The molecule has 1 atom stereocenters. The fourth-order valence-electron chi connectivity index (χ4n) is 3.72. The van der Waals surface area contributed by atoms with Gasteiger partial charge in [-0.15, -0.1) is 0 Å². The molecule has 1 unspecified atom stereocenters. The van der Waals surface area contributed by atoms with E-state index in [1.54, 1.807) is 12.1 Å². The Morgan fingerprint density at radius 1 is 1.27 bits per heavy atom. The number of piperidine rings is 1. The second kappa shape index (κ2) is 8.35. The average molecular weight is 432 g/mol. The number of nitrogens with one attached hydrogen (secondary N) is 1. The highest BCUT2D eigenvalue weighted by Gasteiger charge is 2.29. The molecule has 4 rings (SSSR count). The smallest absolute Gasteiger partial charge is 0.263 e. The van der Waals surface area contributed by atoms with Crippen LogP contribution in [0.4, 0.5) is 11.5 Å². The van der Waals surface area contributed by atoms with Crippen LogP contribution in [0.25, 0.3) is 11.1 Å². The Bertz CT molecular complexity index is 1090. The van der Waals surface area contributed by atoms with Crippen molar-refractivity contribution in [3.63, 3.8) is 0 Å². The van der Waals surface area contributed by atoms with E-state index in [4.69, 9.17) is 25.6 Å². The molecule has 3 aromatic rings. The van der Waals surface area contributed by atoms with Gasteiger partial charge in [-0.3, -0.25) is 4.79 Å². The van der Waals surface area contributed by atoms with Gasteiger partial charge in [0.05, 0.1) is 36.5 Å². The third-order valence-corrected chi connectivity index (χ3v) is 5.54. The van der Waals surface area contributed by atoms with Crippen LogP contribution in [0, 0.1) is 12.8 Å². The van der Waals surface area contributed by atoms with Crippen LogP contribution in [0.3, 0.4) is 0 Å². The van der Waals surface area contributed by atoms with Gasteiger partial charge < -0.3 is 24.2 Å². The zero-order valence-corrected chi connectivity index (χ0v) is 17.7. The molecule has 158 valence electrons. The number of aryl methyl sites for hydroxylation is 1. The molecular formula is C20H22ClN5O4. The van der Waals surface area contributed by atoms with Crippen molar-refractivity contribution in [1.82, 2.24) is 15.1 Å². The first-order chi connectivity index (χ1) is 14.5. The van der Waals surface area contributed by atoms with Crippen molar-refractivity contribution in [3.8, 4) is 11.5 Å². The van der Waals surface area contributed by atoms with Crippen molar-refractivity contribution in [2.45, 2.75) is 19.8 Å². The van der Waals surface area contributed by atoms with Gasteiger partial charge in [0.1, 0.15) is 29.0 Å². The predicted molar refractivity (Wildman–Crippen MR) is 112 cm³/mol. The number of hydrogen-bond donors (Lipinski definition) is 1. The monoisotopic (exact) mass is 431 g/mol. The van der Waals surface area contributed by atoms with Crippen LogP contribution in [0.5, 0.6) is 11.5 Å². The third-order valence-electron chi connectivity index (χ3n) is 5.25. The Hall–Kier alpha value is -3.07. The number of rotatable bonds is 5. The second-order valence-electron chi connectivity index (χ2n) is 7.11. The van der Waals surface area contributed by atoms with Crippen molar-refractivity contribution in [2.75, 3.05) is 37.5 Å². The number of methoxy groups -OCH3 is 2. The number of halogens is 1. The zero-order chi connectivity index (χ0) is 21.3. The van der Waals surface area contributed by atoms with Crippen molar-refractivity contribution >= 4 is 40.1 Å². The SMILES string of the molecule is COc1cc(OC)c(NC(=O)C2CCCN(c3ncnc4onc(C)c34)C2)cc1Cl. The fourth-order valence-corrected chi connectivity index (χ4v) is 3.96. The van der Waals surface area contributed by atoms with E-state index in [0.29, 0.717) is 34.5 Å². The molecule has 9 nitrogen and oxygen atoms in total. The summed E-state index contributed by atoms with van der Waals surface area (Å²) in [6.45, 7) is 3.17. The van der Waals surface area contributed by atoms with Gasteiger partial charge in [-0.25, -0.2) is 4.98 Å². The van der Waals surface area contributed by atoms with E-state index < -0.39 is 0 Å². The molecule has 10 heteroatoms. The lowest BCUT2D eigenvalue weighted by Crippen LogP contribution is -2.41. The summed E-state index contributed by atoms with van der Waals surface area (Å²) in [5.74, 6) is 1.37. The van der Waals surface area contributed by atoms with Crippen molar-refractivity contribution < 1.29 is 18.8 Å². The van der Waals surface area contributed by atoms with E-state index in [-0.39, 0.29) is 11.8 Å². The third kappa shape index (κ3) is 3.72. The van der Waals surface area contributed by atoms with E-state index in [1.165, 1.54) is 20.5 Å².